The van der Waals surface area contributed by atoms with Gasteiger partial charge in [-0.05, 0) is 43.0 Å². The lowest BCUT2D eigenvalue weighted by Crippen LogP contribution is -2.32. The molecule has 0 saturated heterocycles. The van der Waals surface area contributed by atoms with E-state index in [9.17, 15) is 13.2 Å². The van der Waals surface area contributed by atoms with E-state index in [-0.39, 0.29) is 12.5 Å². The molecule has 0 radical (unpaired) electrons. The molecule has 0 bridgehead atoms. The van der Waals surface area contributed by atoms with Gasteiger partial charge in [0, 0.05) is 19.2 Å². The molecule has 0 aliphatic heterocycles. The summed E-state index contributed by atoms with van der Waals surface area (Å²) < 4.78 is 30.3. The van der Waals surface area contributed by atoms with Gasteiger partial charge in [0.1, 0.15) is 6.54 Å². The fourth-order valence-corrected chi connectivity index (χ4v) is 4.07. The fraction of sp³-hybridized carbons (Fsp3) is 0.316. The molecule has 0 fully saturated rings. The number of aromatic nitrogens is 2. The van der Waals surface area contributed by atoms with E-state index in [4.69, 9.17) is 4.52 Å². The van der Waals surface area contributed by atoms with Crippen LogP contribution in [0.5, 0.6) is 0 Å². The lowest BCUT2D eigenvalue weighted by Gasteiger charge is -2.23. The van der Waals surface area contributed by atoms with Gasteiger partial charge in [0.15, 0.2) is 0 Å². The molecule has 0 aliphatic rings. The van der Waals surface area contributed by atoms with Crippen LogP contribution in [0.2, 0.25) is 0 Å². The van der Waals surface area contributed by atoms with E-state index in [2.05, 4.69) is 10.1 Å². The molecule has 2 heterocycles. The third-order valence-electron chi connectivity index (χ3n) is 4.58. The van der Waals surface area contributed by atoms with Gasteiger partial charge >= 0.3 is 0 Å². The van der Waals surface area contributed by atoms with Crippen molar-refractivity contribution < 1.29 is 17.7 Å². The molecule has 8 nitrogen and oxygen atoms in total. The topological polar surface area (TPSA) is 96.6 Å². The smallest absolute Gasteiger partial charge is 0.254 e. The Bertz CT molecular complexity index is 1110. The molecule has 1 amide bonds. The first-order chi connectivity index (χ1) is 13.7. The molecular formula is C19H22N4O4S2. The molecule has 154 valence electrons. The Balaban J connectivity index is 1.85. The van der Waals surface area contributed by atoms with E-state index in [0.29, 0.717) is 35.1 Å². The van der Waals surface area contributed by atoms with Gasteiger partial charge in [-0.2, -0.15) is 4.98 Å². The molecule has 1 aromatic carbocycles. The minimum atomic E-state index is -3.44. The van der Waals surface area contributed by atoms with E-state index >= 15 is 0 Å². The number of amides is 1. The van der Waals surface area contributed by atoms with Gasteiger partial charge in [-0.15, -0.1) is 11.3 Å². The second kappa shape index (κ2) is 8.34. The summed E-state index contributed by atoms with van der Waals surface area (Å²) in [6, 6.07) is 8.84. The number of hydrogen-bond acceptors (Lipinski definition) is 7. The largest absolute Gasteiger partial charge is 0.337 e. The van der Waals surface area contributed by atoms with Crippen molar-refractivity contribution in [1.82, 2.24) is 15.0 Å². The van der Waals surface area contributed by atoms with Crippen LogP contribution in [0, 0.1) is 6.92 Å². The zero-order valence-electron chi connectivity index (χ0n) is 16.6. The van der Waals surface area contributed by atoms with Crippen LogP contribution in [0.3, 0.4) is 0 Å². The summed E-state index contributed by atoms with van der Waals surface area (Å²) in [5, 5.41) is 5.90. The van der Waals surface area contributed by atoms with Crippen molar-refractivity contribution in [2.75, 3.05) is 24.2 Å². The minimum absolute atomic E-state index is 0.166. The van der Waals surface area contributed by atoms with Crippen molar-refractivity contribution in [2.45, 2.75) is 20.4 Å². The Kier molecular flexibility index (Phi) is 6.04. The molecular weight excluding hydrogens is 412 g/mol. The Morgan fingerprint density at radius 2 is 2.00 bits per heavy atom. The van der Waals surface area contributed by atoms with Crippen LogP contribution in [0.25, 0.3) is 10.7 Å². The number of anilines is 1. The third-order valence-corrected chi connectivity index (χ3v) is 6.63. The minimum Gasteiger partial charge on any atom is -0.337 e. The predicted octanol–water partition coefficient (Wildman–Crippen LogP) is 3.16. The second-order valence-electron chi connectivity index (χ2n) is 6.49. The van der Waals surface area contributed by atoms with Crippen LogP contribution in [-0.2, 0) is 16.6 Å². The number of sulfonamides is 1. The second-order valence-corrected chi connectivity index (χ2v) is 9.45. The molecule has 0 atom stereocenters. The van der Waals surface area contributed by atoms with E-state index in [1.54, 1.807) is 30.0 Å². The third kappa shape index (κ3) is 4.48. The zero-order valence-corrected chi connectivity index (χ0v) is 18.2. The van der Waals surface area contributed by atoms with Crippen LogP contribution < -0.4 is 4.31 Å². The molecule has 29 heavy (non-hydrogen) atoms. The monoisotopic (exact) mass is 434 g/mol. The number of carbonyl (C=O) groups excluding carboxylic acids is 1. The average molecular weight is 435 g/mol. The van der Waals surface area contributed by atoms with Gasteiger partial charge in [0.2, 0.25) is 21.7 Å². The first-order valence-corrected chi connectivity index (χ1v) is 11.6. The number of hydrogen-bond donors (Lipinski definition) is 0. The first-order valence-electron chi connectivity index (χ1n) is 8.91. The quantitative estimate of drug-likeness (QED) is 0.567. The fourth-order valence-electron chi connectivity index (χ4n) is 2.86. The molecule has 10 heteroatoms. The molecule has 2 aromatic heterocycles. The Morgan fingerprint density at radius 1 is 1.24 bits per heavy atom. The Morgan fingerprint density at radius 3 is 2.62 bits per heavy atom. The zero-order chi connectivity index (χ0) is 21.2. The molecule has 0 unspecified atom stereocenters. The number of carbonyl (C=O) groups is 1. The summed E-state index contributed by atoms with van der Waals surface area (Å²) in [5.74, 6) is 0.599. The highest BCUT2D eigenvalue weighted by Crippen LogP contribution is 2.26. The SMILES string of the molecule is CCN(Cc1nc(-c2cccs2)no1)C(=O)c1cccc(N(C)S(C)(=O)=O)c1C. The molecule has 0 N–H and O–H groups in total. The van der Waals surface area contributed by atoms with Crippen LogP contribution in [0.1, 0.15) is 28.7 Å². The highest BCUT2D eigenvalue weighted by atomic mass is 32.2. The lowest BCUT2D eigenvalue weighted by molar-refractivity contribution is 0.0734. The normalized spacial score (nSPS) is 11.4. The first kappa shape index (κ1) is 21.0. The standard InChI is InChI=1S/C19H22N4O4S2/c1-5-23(12-17-20-18(21-27-17)16-10-7-11-28-16)19(24)14-8-6-9-15(13(14)2)22(3)29(4,25)26/h6-11H,5,12H2,1-4H3. The molecule has 3 aromatic rings. The van der Waals surface area contributed by atoms with Crippen LogP contribution in [0.15, 0.2) is 40.2 Å². The van der Waals surface area contributed by atoms with E-state index < -0.39 is 10.0 Å². The number of thiophene rings is 1. The predicted molar refractivity (Wildman–Crippen MR) is 112 cm³/mol. The van der Waals surface area contributed by atoms with E-state index in [1.165, 1.54) is 22.7 Å². The van der Waals surface area contributed by atoms with Gasteiger partial charge in [0.25, 0.3) is 5.91 Å². The van der Waals surface area contributed by atoms with Crippen LogP contribution in [-0.4, -0.2) is 49.2 Å². The average Bonchev–Trinajstić information content (AvgIpc) is 3.36. The molecule has 0 aliphatic carbocycles. The van der Waals surface area contributed by atoms with Crippen molar-refractivity contribution in [3.63, 3.8) is 0 Å². The number of benzene rings is 1. The van der Waals surface area contributed by atoms with Crippen molar-refractivity contribution in [1.29, 1.82) is 0 Å². The summed E-state index contributed by atoms with van der Waals surface area (Å²) in [5.41, 5.74) is 1.48. The maximum absolute atomic E-state index is 13.1. The van der Waals surface area contributed by atoms with Crippen molar-refractivity contribution >= 4 is 33.0 Å². The van der Waals surface area contributed by atoms with Crippen molar-refractivity contribution in [3.05, 3.63) is 52.7 Å². The van der Waals surface area contributed by atoms with Gasteiger partial charge in [0.05, 0.1) is 16.8 Å². The Labute approximate surface area is 173 Å². The molecule has 3 rings (SSSR count). The van der Waals surface area contributed by atoms with Crippen LogP contribution >= 0.6 is 11.3 Å². The lowest BCUT2D eigenvalue weighted by atomic mass is 10.1. The summed E-state index contributed by atoms with van der Waals surface area (Å²) in [6.45, 7) is 4.19. The van der Waals surface area contributed by atoms with Gasteiger partial charge in [-0.3, -0.25) is 9.10 Å². The van der Waals surface area contributed by atoms with Gasteiger partial charge in [-0.25, -0.2) is 8.42 Å². The maximum Gasteiger partial charge on any atom is 0.254 e. The number of nitrogens with zero attached hydrogens (tertiary/aromatic N) is 4. The highest BCUT2D eigenvalue weighted by Gasteiger charge is 2.23. The summed E-state index contributed by atoms with van der Waals surface area (Å²) in [4.78, 5) is 20.0. The van der Waals surface area contributed by atoms with Crippen LogP contribution in [0.4, 0.5) is 5.69 Å². The Hall–Kier alpha value is -2.72. The van der Waals surface area contributed by atoms with Gasteiger partial charge in [-0.1, -0.05) is 17.3 Å². The number of rotatable bonds is 7. The maximum atomic E-state index is 13.1. The summed E-state index contributed by atoms with van der Waals surface area (Å²) in [7, 11) is -1.97. The van der Waals surface area contributed by atoms with Crippen molar-refractivity contribution in [2.24, 2.45) is 0 Å². The molecule has 0 spiro atoms. The van der Waals surface area contributed by atoms with Crippen molar-refractivity contribution in [3.8, 4) is 10.7 Å². The highest BCUT2D eigenvalue weighted by molar-refractivity contribution is 7.92. The van der Waals surface area contributed by atoms with E-state index in [1.807, 2.05) is 24.4 Å². The van der Waals surface area contributed by atoms with Gasteiger partial charge < -0.3 is 9.42 Å². The molecule has 0 saturated carbocycles. The summed E-state index contributed by atoms with van der Waals surface area (Å²) in [6.07, 6.45) is 1.13. The summed E-state index contributed by atoms with van der Waals surface area (Å²) >= 11 is 1.51. The van der Waals surface area contributed by atoms with E-state index in [0.717, 1.165) is 11.1 Å².